The maximum Gasteiger partial charge on any atom is 0.175 e. The van der Waals surface area contributed by atoms with Crippen LogP contribution < -0.4 is 10.6 Å². The molecule has 0 aliphatic rings. The van der Waals surface area contributed by atoms with Gasteiger partial charge in [-0.15, -0.1) is 0 Å². The second kappa shape index (κ2) is 7.43. The summed E-state index contributed by atoms with van der Waals surface area (Å²) in [7, 11) is 0. The molecule has 21 heavy (non-hydrogen) atoms. The summed E-state index contributed by atoms with van der Waals surface area (Å²) in [6.45, 7) is 4.43. The Kier molecular flexibility index (Phi) is 5.59. The fraction of sp³-hybridized carbons (Fsp3) is 0.235. The molecule has 0 fully saturated rings. The van der Waals surface area contributed by atoms with Crippen LogP contribution in [-0.2, 0) is 0 Å². The summed E-state index contributed by atoms with van der Waals surface area (Å²) in [5.41, 5.74) is 3.24. The van der Waals surface area contributed by atoms with E-state index in [-0.39, 0.29) is 0 Å². The van der Waals surface area contributed by atoms with Crippen LogP contribution in [0.5, 0.6) is 0 Å². The zero-order chi connectivity index (χ0) is 15.2. The Morgan fingerprint density at radius 1 is 1.00 bits per heavy atom. The van der Waals surface area contributed by atoms with E-state index in [1.165, 1.54) is 5.56 Å². The molecule has 110 valence electrons. The minimum Gasteiger partial charge on any atom is -0.332 e. The smallest absolute Gasteiger partial charge is 0.175 e. The molecule has 0 spiro atoms. The van der Waals surface area contributed by atoms with Gasteiger partial charge in [-0.05, 0) is 66.5 Å². The largest absolute Gasteiger partial charge is 0.332 e. The van der Waals surface area contributed by atoms with E-state index in [9.17, 15) is 0 Å². The van der Waals surface area contributed by atoms with Crippen molar-refractivity contribution in [3.63, 3.8) is 0 Å². The number of hydrogen-bond donors (Lipinski definition) is 2. The van der Waals surface area contributed by atoms with Crippen molar-refractivity contribution in [3.8, 4) is 0 Å². The maximum atomic E-state index is 5.85. The Morgan fingerprint density at radius 2 is 1.48 bits per heavy atom. The second-order valence-electron chi connectivity index (χ2n) is 5.02. The second-order valence-corrected chi connectivity index (χ2v) is 5.86. The van der Waals surface area contributed by atoms with Gasteiger partial charge < -0.3 is 10.6 Å². The Hall–Kier alpha value is -1.58. The summed E-state index contributed by atoms with van der Waals surface area (Å²) in [6.07, 6.45) is 1.14. The highest BCUT2D eigenvalue weighted by molar-refractivity contribution is 7.80. The Bertz CT molecular complexity index is 593. The lowest BCUT2D eigenvalue weighted by Crippen LogP contribution is -2.18. The van der Waals surface area contributed by atoms with Gasteiger partial charge in [0.2, 0.25) is 0 Å². The van der Waals surface area contributed by atoms with Gasteiger partial charge in [-0.1, -0.05) is 37.6 Å². The molecular weight excluding hydrogens is 300 g/mol. The molecule has 0 saturated heterocycles. The lowest BCUT2D eigenvalue weighted by Gasteiger charge is -2.13. The molecule has 0 amide bonds. The first-order valence-electron chi connectivity index (χ1n) is 7.02. The standard InChI is InChI=1S/C17H19ClN2S/c1-3-12(2)13-4-8-15(9-5-13)19-17(21)20-16-10-6-14(18)7-11-16/h4-12H,3H2,1-2H3,(H2,19,20,21). The minimum atomic E-state index is 0.564. The maximum absolute atomic E-state index is 5.85. The van der Waals surface area contributed by atoms with Gasteiger partial charge in [-0.3, -0.25) is 0 Å². The van der Waals surface area contributed by atoms with Crippen LogP contribution in [0.15, 0.2) is 48.5 Å². The monoisotopic (exact) mass is 318 g/mol. The average Bonchev–Trinajstić information content (AvgIpc) is 2.49. The van der Waals surface area contributed by atoms with Gasteiger partial charge in [0.15, 0.2) is 5.11 Å². The van der Waals surface area contributed by atoms with Crippen LogP contribution in [0.2, 0.25) is 5.02 Å². The third kappa shape index (κ3) is 4.73. The zero-order valence-electron chi connectivity index (χ0n) is 12.2. The fourth-order valence-electron chi connectivity index (χ4n) is 1.96. The van der Waals surface area contributed by atoms with Crippen molar-refractivity contribution in [1.29, 1.82) is 0 Å². The van der Waals surface area contributed by atoms with Crippen LogP contribution in [0.25, 0.3) is 0 Å². The Labute approximate surface area is 136 Å². The summed E-state index contributed by atoms with van der Waals surface area (Å²) in [4.78, 5) is 0. The third-order valence-corrected chi connectivity index (χ3v) is 3.91. The van der Waals surface area contributed by atoms with Gasteiger partial charge in [0, 0.05) is 16.4 Å². The number of rotatable bonds is 4. The molecule has 2 aromatic rings. The molecule has 0 aliphatic carbocycles. The number of anilines is 2. The lowest BCUT2D eigenvalue weighted by atomic mass is 9.99. The molecule has 0 aromatic heterocycles. The average molecular weight is 319 g/mol. The first-order valence-corrected chi connectivity index (χ1v) is 7.80. The molecule has 4 heteroatoms. The van der Waals surface area contributed by atoms with E-state index < -0.39 is 0 Å². The third-order valence-electron chi connectivity index (χ3n) is 3.45. The SMILES string of the molecule is CCC(C)c1ccc(NC(=S)Nc2ccc(Cl)cc2)cc1. The van der Waals surface area contributed by atoms with Crippen molar-refractivity contribution < 1.29 is 0 Å². The predicted octanol–water partition coefficient (Wildman–Crippen LogP) is 5.66. The van der Waals surface area contributed by atoms with E-state index in [1.807, 2.05) is 24.3 Å². The van der Waals surface area contributed by atoms with Gasteiger partial charge in [0.25, 0.3) is 0 Å². The molecule has 2 nitrogen and oxygen atoms in total. The molecular formula is C17H19ClN2S. The number of nitrogens with one attached hydrogen (secondary N) is 2. The number of benzene rings is 2. The highest BCUT2D eigenvalue weighted by Gasteiger charge is 2.03. The van der Waals surface area contributed by atoms with Crippen LogP contribution in [0.4, 0.5) is 11.4 Å². The summed E-state index contributed by atoms with van der Waals surface area (Å²) < 4.78 is 0. The number of thiocarbonyl (C=S) groups is 1. The van der Waals surface area contributed by atoms with Crippen molar-refractivity contribution in [2.24, 2.45) is 0 Å². The molecule has 0 saturated carbocycles. The summed E-state index contributed by atoms with van der Waals surface area (Å²) in [6, 6.07) is 15.8. The normalized spacial score (nSPS) is 11.8. The van der Waals surface area contributed by atoms with E-state index in [1.54, 1.807) is 0 Å². The summed E-state index contributed by atoms with van der Waals surface area (Å²) >= 11 is 11.2. The van der Waals surface area contributed by atoms with E-state index in [2.05, 4.69) is 48.7 Å². The van der Waals surface area contributed by atoms with Crippen molar-refractivity contribution >= 4 is 40.3 Å². The molecule has 1 atom stereocenters. The predicted molar refractivity (Wildman–Crippen MR) is 96.4 cm³/mol. The number of hydrogen-bond acceptors (Lipinski definition) is 1. The van der Waals surface area contributed by atoms with E-state index >= 15 is 0 Å². The van der Waals surface area contributed by atoms with E-state index in [0.29, 0.717) is 16.1 Å². The molecule has 2 aromatic carbocycles. The summed E-state index contributed by atoms with van der Waals surface area (Å²) in [5, 5.41) is 7.58. The fourth-order valence-corrected chi connectivity index (χ4v) is 2.32. The highest BCUT2D eigenvalue weighted by Crippen LogP contribution is 2.20. The van der Waals surface area contributed by atoms with Crippen LogP contribution >= 0.6 is 23.8 Å². The summed E-state index contributed by atoms with van der Waals surface area (Å²) in [5.74, 6) is 0.582. The van der Waals surface area contributed by atoms with Gasteiger partial charge in [-0.2, -0.15) is 0 Å². The first-order chi connectivity index (χ1) is 10.1. The molecule has 0 bridgehead atoms. The molecule has 2 rings (SSSR count). The Morgan fingerprint density at radius 3 is 1.95 bits per heavy atom. The molecule has 0 heterocycles. The van der Waals surface area contributed by atoms with Crippen molar-refractivity contribution in [1.82, 2.24) is 0 Å². The quantitative estimate of drug-likeness (QED) is 0.711. The number of halogens is 1. The van der Waals surface area contributed by atoms with Gasteiger partial charge in [0.1, 0.15) is 0 Å². The topological polar surface area (TPSA) is 24.1 Å². The van der Waals surface area contributed by atoms with Crippen LogP contribution in [0.1, 0.15) is 31.7 Å². The van der Waals surface area contributed by atoms with Gasteiger partial charge >= 0.3 is 0 Å². The van der Waals surface area contributed by atoms with Crippen molar-refractivity contribution in [2.75, 3.05) is 10.6 Å². The minimum absolute atomic E-state index is 0.564. The Balaban J connectivity index is 1.94. The van der Waals surface area contributed by atoms with Crippen LogP contribution in [0.3, 0.4) is 0 Å². The van der Waals surface area contributed by atoms with Crippen LogP contribution in [-0.4, -0.2) is 5.11 Å². The highest BCUT2D eigenvalue weighted by atomic mass is 35.5. The first kappa shape index (κ1) is 15.8. The zero-order valence-corrected chi connectivity index (χ0v) is 13.8. The van der Waals surface area contributed by atoms with Crippen molar-refractivity contribution in [3.05, 3.63) is 59.1 Å². The molecule has 1 unspecified atom stereocenters. The van der Waals surface area contributed by atoms with Gasteiger partial charge in [-0.25, -0.2) is 0 Å². The van der Waals surface area contributed by atoms with E-state index in [0.717, 1.165) is 17.8 Å². The molecule has 2 N–H and O–H groups in total. The lowest BCUT2D eigenvalue weighted by molar-refractivity contribution is 0.734. The molecule has 0 aliphatic heterocycles. The van der Waals surface area contributed by atoms with Gasteiger partial charge in [0.05, 0.1) is 0 Å². The van der Waals surface area contributed by atoms with Crippen molar-refractivity contribution in [2.45, 2.75) is 26.2 Å². The molecule has 0 radical (unpaired) electrons. The van der Waals surface area contributed by atoms with Crippen LogP contribution in [0, 0.1) is 0 Å². The van der Waals surface area contributed by atoms with E-state index in [4.69, 9.17) is 23.8 Å².